The highest BCUT2D eigenvalue weighted by Crippen LogP contribution is 2.19. The second-order valence-corrected chi connectivity index (χ2v) is 4.26. The Kier molecular flexibility index (Phi) is 4.09. The van der Waals surface area contributed by atoms with Gasteiger partial charge in [0, 0.05) is 25.1 Å². The van der Waals surface area contributed by atoms with Crippen LogP contribution in [0.15, 0.2) is 28.8 Å². The summed E-state index contributed by atoms with van der Waals surface area (Å²) in [6, 6.07) is 8.11. The predicted molar refractivity (Wildman–Crippen MR) is 72.0 cm³/mol. The third-order valence-corrected chi connectivity index (χ3v) is 2.83. The van der Waals surface area contributed by atoms with Crippen LogP contribution in [0.2, 0.25) is 0 Å². The summed E-state index contributed by atoms with van der Waals surface area (Å²) in [4.78, 5) is 27.8. The molecule has 0 aliphatic carbocycles. The number of benzene rings is 1. The zero-order valence-electron chi connectivity index (χ0n) is 11.5. The zero-order valence-corrected chi connectivity index (χ0v) is 11.5. The fraction of sp³-hybridized carbons (Fsp3) is 0.214. The van der Waals surface area contributed by atoms with Crippen molar-refractivity contribution in [1.29, 1.82) is 5.26 Å². The second kappa shape index (κ2) is 5.96. The summed E-state index contributed by atoms with van der Waals surface area (Å²) in [7, 11) is 1.37. The van der Waals surface area contributed by atoms with Gasteiger partial charge in [0.15, 0.2) is 11.7 Å². The molecule has 1 atom stereocenters. The van der Waals surface area contributed by atoms with Crippen LogP contribution in [-0.2, 0) is 4.79 Å². The van der Waals surface area contributed by atoms with Gasteiger partial charge in [-0.15, -0.1) is 0 Å². The van der Waals surface area contributed by atoms with Crippen molar-refractivity contribution in [3.63, 3.8) is 0 Å². The lowest BCUT2D eigenvalue weighted by molar-refractivity contribution is -0.121. The molecule has 7 heteroatoms. The van der Waals surface area contributed by atoms with Gasteiger partial charge >= 0.3 is 0 Å². The molecule has 0 fully saturated rings. The van der Waals surface area contributed by atoms with Crippen molar-refractivity contribution in [2.24, 2.45) is 5.92 Å². The van der Waals surface area contributed by atoms with E-state index in [9.17, 15) is 9.59 Å². The molecule has 1 aromatic heterocycles. The van der Waals surface area contributed by atoms with Crippen LogP contribution in [0.1, 0.15) is 16.2 Å². The molecule has 0 aliphatic heterocycles. The van der Waals surface area contributed by atoms with Gasteiger partial charge in [0.2, 0.25) is 17.6 Å². The Morgan fingerprint density at radius 2 is 2.19 bits per heavy atom. The van der Waals surface area contributed by atoms with Crippen LogP contribution >= 0.6 is 0 Å². The average molecular weight is 284 g/mol. The minimum Gasteiger partial charge on any atom is -0.358 e. The van der Waals surface area contributed by atoms with Crippen LogP contribution in [0.4, 0.5) is 0 Å². The summed E-state index contributed by atoms with van der Waals surface area (Å²) in [5.41, 5.74) is 0.816. The summed E-state index contributed by atoms with van der Waals surface area (Å²) in [5.74, 6) is -1.84. The van der Waals surface area contributed by atoms with E-state index in [1.54, 1.807) is 25.1 Å². The SMILES string of the molecule is CNC(=O)[C@@H](C#N)C(=O)c1cccc(-c2noc(C)n2)c1. The van der Waals surface area contributed by atoms with Gasteiger partial charge in [0.05, 0.1) is 6.07 Å². The van der Waals surface area contributed by atoms with Gasteiger partial charge in [-0.2, -0.15) is 10.2 Å². The summed E-state index contributed by atoms with van der Waals surface area (Å²) >= 11 is 0. The van der Waals surface area contributed by atoms with E-state index in [1.165, 1.54) is 19.2 Å². The van der Waals surface area contributed by atoms with Crippen LogP contribution in [0, 0.1) is 24.2 Å². The molecule has 0 bridgehead atoms. The highest BCUT2D eigenvalue weighted by Gasteiger charge is 2.26. The molecule has 0 saturated heterocycles. The van der Waals surface area contributed by atoms with Crippen molar-refractivity contribution in [3.05, 3.63) is 35.7 Å². The third kappa shape index (κ3) is 2.95. The number of amides is 1. The minimum absolute atomic E-state index is 0.241. The highest BCUT2D eigenvalue weighted by molar-refractivity contribution is 6.12. The van der Waals surface area contributed by atoms with Crippen molar-refractivity contribution in [3.8, 4) is 17.5 Å². The molecule has 1 N–H and O–H groups in total. The van der Waals surface area contributed by atoms with Gasteiger partial charge in [-0.25, -0.2) is 0 Å². The number of aromatic nitrogens is 2. The maximum Gasteiger partial charge on any atom is 0.245 e. The molecule has 2 aromatic rings. The molecule has 2 rings (SSSR count). The standard InChI is InChI=1S/C14H12N4O3/c1-8-17-13(18-21-8)10-5-3-4-9(6-10)12(19)11(7-15)14(20)16-2/h3-6,11H,1-2H3,(H,16,20)/t11-/m0/s1. The number of nitrogens with one attached hydrogen (secondary N) is 1. The number of ketones is 1. The molecule has 1 aromatic carbocycles. The lowest BCUT2D eigenvalue weighted by atomic mass is 9.96. The van der Waals surface area contributed by atoms with E-state index in [0.717, 1.165) is 0 Å². The summed E-state index contributed by atoms with van der Waals surface area (Å²) in [6.07, 6.45) is 0. The van der Waals surface area contributed by atoms with Gasteiger partial charge in [0.25, 0.3) is 0 Å². The number of hydrogen-bond donors (Lipinski definition) is 1. The van der Waals surface area contributed by atoms with E-state index in [1.807, 2.05) is 0 Å². The first-order valence-corrected chi connectivity index (χ1v) is 6.13. The topological polar surface area (TPSA) is 109 Å². The van der Waals surface area contributed by atoms with Crippen LogP contribution in [0.5, 0.6) is 0 Å². The Hall–Kier alpha value is -3.01. The van der Waals surface area contributed by atoms with Crippen LogP contribution in [0.25, 0.3) is 11.4 Å². The number of hydrogen-bond acceptors (Lipinski definition) is 6. The monoisotopic (exact) mass is 284 g/mol. The van der Waals surface area contributed by atoms with E-state index in [2.05, 4.69) is 15.5 Å². The van der Waals surface area contributed by atoms with Gasteiger partial charge in [0.1, 0.15) is 0 Å². The van der Waals surface area contributed by atoms with Crippen LogP contribution in [-0.4, -0.2) is 28.9 Å². The Labute approximate surface area is 120 Å². The van der Waals surface area contributed by atoms with Crippen molar-refractivity contribution in [2.75, 3.05) is 7.05 Å². The normalized spacial score (nSPS) is 11.5. The van der Waals surface area contributed by atoms with Gasteiger partial charge in [-0.1, -0.05) is 23.4 Å². The number of nitrogens with zero attached hydrogens (tertiary/aromatic N) is 3. The molecule has 0 spiro atoms. The van der Waals surface area contributed by atoms with Gasteiger partial charge in [-0.05, 0) is 6.07 Å². The fourth-order valence-corrected chi connectivity index (χ4v) is 1.78. The van der Waals surface area contributed by atoms with E-state index in [-0.39, 0.29) is 5.56 Å². The first-order valence-electron chi connectivity index (χ1n) is 6.13. The molecule has 7 nitrogen and oxygen atoms in total. The summed E-state index contributed by atoms with van der Waals surface area (Å²) in [6.45, 7) is 1.66. The number of rotatable bonds is 4. The highest BCUT2D eigenvalue weighted by atomic mass is 16.5. The predicted octanol–water partition coefficient (Wildman–Crippen LogP) is 1.11. The largest absolute Gasteiger partial charge is 0.358 e. The number of Topliss-reactive ketones (excluding diaryl/α,β-unsaturated/α-hetero) is 1. The molecule has 1 heterocycles. The minimum atomic E-state index is -1.38. The van der Waals surface area contributed by atoms with E-state index in [4.69, 9.17) is 9.78 Å². The second-order valence-electron chi connectivity index (χ2n) is 4.26. The van der Waals surface area contributed by atoms with Crippen molar-refractivity contribution < 1.29 is 14.1 Å². The maximum absolute atomic E-state index is 12.2. The molecule has 0 radical (unpaired) electrons. The molecular weight excluding hydrogens is 272 g/mol. The molecule has 106 valence electrons. The van der Waals surface area contributed by atoms with E-state index >= 15 is 0 Å². The number of carbonyl (C=O) groups excluding carboxylic acids is 2. The van der Waals surface area contributed by atoms with Gasteiger partial charge in [-0.3, -0.25) is 9.59 Å². The fourth-order valence-electron chi connectivity index (χ4n) is 1.78. The Balaban J connectivity index is 2.35. The molecular formula is C14H12N4O3. The van der Waals surface area contributed by atoms with E-state index in [0.29, 0.717) is 17.3 Å². The average Bonchev–Trinajstić information content (AvgIpc) is 2.94. The van der Waals surface area contributed by atoms with Crippen molar-refractivity contribution >= 4 is 11.7 Å². The molecule has 0 saturated carbocycles. The van der Waals surface area contributed by atoms with E-state index < -0.39 is 17.6 Å². The molecule has 21 heavy (non-hydrogen) atoms. The van der Waals surface area contributed by atoms with Crippen LogP contribution < -0.4 is 5.32 Å². The summed E-state index contributed by atoms with van der Waals surface area (Å²) < 4.78 is 4.88. The Morgan fingerprint density at radius 1 is 1.43 bits per heavy atom. The molecule has 1 amide bonds. The maximum atomic E-state index is 12.2. The lowest BCUT2D eigenvalue weighted by Crippen LogP contribution is -2.32. The first kappa shape index (κ1) is 14.4. The molecule has 0 aliphatic rings. The first-order chi connectivity index (χ1) is 10.1. The quantitative estimate of drug-likeness (QED) is 0.665. The van der Waals surface area contributed by atoms with Crippen LogP contribution in [0.3, 0.4) is 0 Å². The van der Waals surface area contributed by atoms with Crippen molar-refractivity contribution in [1.82, 2.24) is 15.5 Å². The molecule has 0 unspecified atom stereocenters. The summed E-state index contributed by atoms with van der Waals surface area (Å²) in [5, 5.41) is 15.0. The number of carbonyl (C=O) groups is 2. The van der Waals surface area contributed by atoms with Gasteiger partial charge < -0.3 is 9.84 Å². The Morgan fingerprint density at radius 3 is 2.76 bits per heavy atom. The smallest absolute Gasteiger partial charge is 0.245 e. The van der Waals surface area contributed by atoms with Crippen molar-refractivity contribution in [2.45, 2.75) is 6.92 Å². The number of nitriles is 1. The Bertz CT molecular complexity index is 730. The third-order valence-electron chi connectivity index (χ3n) is 2.83. The lowest BCUT2D eigenvalue weighted by Gasteiger charge is -2.07. The zero-order chi connectivity index (χ0) is 15.4. The number of aryl methyl sites for hydroxylation is 1.